The summed E-state index contributed by atoms with van der Waals surface area (Å²) in [5.41, 5.74) is 0.263. The second kappa shape index (κ2) is 8.98. The molecule has 2 atom stereocenters. The van der Waals surface area contributed by atoms with Crippen LogP contribution in [0.1, 0.15) is 62.3 Å². The van der Waals surface area contributed by atoms with Gasteiger partial charge in [0.2, 0.25) is 5.91 Å². The highest BCUT2D eigenvalue weighted by Crippen LogP contribution is 2.37. The Hall–Kier alpha value is -2.05. The minimum atomic E-state index is -0.786. The number of ether oxygens (including phenoxy) is 1. The Morgan fingerprint density at radius 1 is 1.23 bits per heavy atom. The standard InChI is InChI=1S/C23H29ClN2O3S/c1-14(2)12-15-13-26(22(28)18-10-11-19(24)30-18)20(21(27)25-23(3,4)5)16-8-6-7-9-17(16)29-15/h6-11,14-15,20H,12-13H2,1-5H3,(H,25,27)/t15-,20+/m0/s1. The van der Waals surface area contributed by atoms with Crippen molar-refractivity contribution in [2.45, 2.75) is 58.7 Å². The maximum atomic E-state index is 13.5. The molecule has 1 aromatic carbocycles. The van der Waals surface area contributed by atoms with Crippen LogP contribution in [-0.4, -0.2) is 34.9 Å². The van der Waals surface area contributed by atoms with E-state index in [2.05, 4.69) is 19.2 Å². The number of carbonyl (C=O) groups is 2. The molecule has 1 aliphatic rings. The summed E-state index contributed by atoms with van der Waals surface area (Å²) in [5.74, 6) is 0.599. The number of nitrogens with one attached hydrogen (secondary N) is 1. The molecular weight excluding hydrogens is 420 g/mol. The molecule has 0 saturated heterocycles. The third-order valence-corrected chi connectivity index (χ3v) is 5.96. The van der Waals surface area contributed by atoms with Gasteiger partial charge in [0.25, 0.3) is 5.91 Å². The van der Waals surface area contributed by atoms with Gasteiger partial charge in [-0.3, -0.25) is 9.59 Å². The summed E-state index contributed by atoms with van der Waals surface area (Å²) in [4.78, 5) is 29.1. The van der Waals surface area contributed by atoms with Crippen molar-refractivity contribution < 1.29 is 14.3 Å². The summed E-state index contributed by atoms with van der Waals surface area (Å²) >= 11 is 7.31. The molecule has 5 nitrogen and oxygen atoms in total. The Morgan fingerprint density at radius 3 is 2.53 bits per heavy atom. The van der Waals surface area contributed by atoms with Crippen LogP contribution in [-0.2, 0) is 4.79 Å². The fourth-order valence-electron chi connectivity index (χ4n) is 3.66. The summed E-state index contributed by atoms with van der Waals surface area (Å²) < 4.78 is 6.84. The average Bonchev–Trinajstić information content (AvgIpc) is 2.98. The van der Waals surface area contributed by atoms with E-state index in [0.717, 1.165) is 6.42 Å². The van der Waals surface area contributed by atoms with Gasteiger partial charge in [-0.2, -0.15) is 0 Å². The fraction of sp³-hybridized carbons (Fsp3) is 0.478. The summed E-state index contributed by atoms with van der Waals surface area (Å²) in [6.45, 7) is 10.3. The van der Waals surface area contributed by atoms with E-state index in [0.29, 0.717) is 33.0 Å². The van der Waals surface area contributed by atoms with Gasteiger partial charge < -0.3 is 15.0 Å². The van der Waals surface area contributed by atoms with E-state index in [1.54, 1.807) is 17.0 Å². The zero-order valence-corrected chi connectivity index (χ0v) is 19.6. The van der Waals surface area contributed by atoms with Crippen LogP contribution in [0.3, 0.4) is 0 Å². The highest BCUT2D eigenvalue weighted by atomic mass is 35.5. The number of hydrogen-bond donors (Lipinski definition) is 1. The van der Waals surface area contributed by atoms with E-state index in [4.69, 9.17) is 16.3 Å². The van der Waals surface area contributed by atoms with Crippen LogP contribution in [0.2, 0.25) is 4.34 Å². The number of benzene rings is 1. The van der Waals surface area contributed by atoms with E-state index < -0.39 is 11.6 Å². The van der Waals surface area contributed by atoms with E-state index in [1.807, 2.05) is 45.0 Å². The fourth-order valence-corrected chi connectivity index (χ4v) is 4.66. The van der Waals surface area contributed by atoms with Gasteiger partial charge in [0.15, 0.2) is 0 Å². The third-order valence-electron chi connectivity index (χ3n) is 4.74. The molecule has 30 heavy (non-hydrogen) atoms. The molecule has 2 heterocycles. The number of carbonyl (C=O) groups excluding carboxylic acids is 2. The summed E-state index contributed by atoms with van der Waals surface area (Å²) in [6.07, 6.45) is 0.565. The van der Waals surface area contributed by atoms with Gasteiger partial charge in [0.05, 0.1) is 15.8 Å². The van der Waals surface area contributed by atoms with Crippen molar-refractivity contribution in [3.05, 3.63) is 51.2 Å². The molecule has 3 rings (SSSR count). The molecule has 2 aromatic rings. The van der Waals surface area contributed by atoms with E-state index in [9.17, 15) is 9.59 Å². The first-order valence-corrected chi connectivity index (χ1v) is 11.4. The summed E-state index contributed by atoms with van der Waals surface area (Å²) in [5, 5.41) is 3.04. The monoisotopic (exact) mass is 448 g/mol. The first-order chi connectivity index (χ1) is 14.0. The van der Waals surface area contributed by atoms with E-state index >= 15 is 0 Å². The predicted octanol–water partition coefficient (Wildman–Crippen LogP) is 5.31. The number of para-hydroxylation sites is 1. The van der Waals surface area contributed by atoms with Crippen LogP contribution in [0.4, 0.5) is 0 Å². The molecular formula is C23H29ClN2O3S. The molecule has 0 spiro atoms. The topological polar surface area (TPSA) is 58.6 Å². The van der Waals surface area contributed by atoms with Gasteiger partial charge >= 0.3 is 0 Å². The Balaban J connectivity index is 2.09. The Kier molecular flexibility index (Phi) is 6.78. The van der Waals surface area contributed by atoms with Crippen LogP contribution in [0.5, 0.6) is 5.75 Å². The SMILES string of the molecule is CC(C)C[C@H]1CN(C(=O)c2ccc(Cl)s2)[C@@H](C(=O)NC(C)(C)C)c2ccccc2O1. The average molecular weight is 449 g/mol. The largest absolute Gasteiger partial charge is 0.488 e. The third kappa shape index (κ3) is 5.35. The van der Waals surface area contributed by atoms with Crippen molar-refractivity contribution in [1.82, 2.24) is 10.2 Å². The van der Waals surface area contributed by atoms with Crippen LogP contribution in [0.25, 0.3) is 0 Å². The number of halogens is 1. The summed E-state index contributed by atoms with van der Waals surface area (Å²) in [7, 11) is 0. The van der Waals surface area contributed by atoms with E-state index in [-0.39, 0.29) is 17.9 Å². The van der Waals surface area contributed by atoms with Crippen LogP contribution < -0.4 is 10.1 Å². The molecule has 1 N–H and O–H groups in total. The lowest BCUT2D eigenvalue weighted by molar-refractivity contribution is -0.127. The van der Waals surface area contributed by atoms with Crippen molar-refractivity contribution in [3.63, 3.8) is 0 Å². The number of fused-ring (bicyclic) bond motifs is 1. The Labute approximate surface area is 187 Å². The van der Waals surface area contributed by atoms with Gasteiger partial charge in [0, 0.05) is 11.1 Å². The molecule has 0 aliphatic carbocycles. The van der Waals surface area contributed by atoms with Crippen molar-refractivity contribution >= 4 is 34.8 Å². The van der Waals surface area contributed by atoms with Gasteiger partial charge in [0.1, 0.15) is 17.9 Å². The molecule has 1 aliphatic heterocycles. The normalized spacial score (nSPS) is 19.1. The van der Waals surface area contributed by atoms with Crippen molar-refractivity contribution in [2.24, 2.45) is 5.92 Å². The van der Waals surface area contributed by atoms with Crippen molar-refractivity contribution in [1.29, 1.82) is 0 Å². The minimum absolute atomic E-state index is 0.210. The molecule has 0 bridgehead atoms. The predicted molar refractivity (Wildman–Crippen MR) is 121 cm³/mol. The first kappa shape index (κ1) is 22.6. The number of rotatable bonds is 4. The quantitative estimate of drug-likeness (QED) is 0.689. The first-order valence-electron chi connectivity index (χ1n) is 10.2. The van der Waals surface area contributed by atoms with Crippen LogP contribution in [0.15, 0.2) is 36.4 Å². The number of hydrogen-bond acceptors (Lipinski definition) is 4. The molecule has 162 valence electrons. The highest BCUT2D eigenvalue weighted by molar-refractivity contribution is 7.18. The molecule has 0 fully saturated rings. The smallest absolute Gasteiger partial charge is 0.265 e. The summed E-state index contributed by atoms with van der Waals surface area (Å²) in [6, 6.07) is 10.1. The lowest BCUT2D eigenvalue weighted by Crippen LogP contribution is -2.50. The van der Waals surface area contributed by atoms with Crippen LogP contribution >= 0.6 is 22.9 Å². The number of thiophene rings is 1. The highest BCUT2D eigenvalue weighted by Gasteiger charge is 2.40. The van der Waals surface area contributed by atoms with Gasteiger partial charge in [-0.1, -0.05) is 43.6 Å². The lowest BCUT2D eigenvalue weighted by atomic mass is 10.0. The lowest BCUT2D eigenvalue weighted by Gasteiger charge is -2.33. The second-order valence-electron chi connectivity index (χ2n) is 9.11. The van der Waals surface area contributed by atoms with E-state index in [1.165, 1.54) is 11.3 Å². The number of amides is 2. The molecule has 0 radical (unpaired) electrons. The maximum absolute atomic E-state index is 13.5. The Morgan fingerprint density at radius 2 is 1.93 bits per heavy atom. The van der Waals surface area contributed by atoms with Crippen molar-refractivity contribution in [3.8, 4) is 5.75 Å². The van der Waals surface area contributed by atoms with Crippen molar-refractivity contribution in [2.75, 3.05) is 6.54 Å². The molecule has 1 aromatic heterocycles. The zero-order chi connectivity index (χ0) is 22.1. The second-order valence-corrected chi connectivity index (χ2v) is 10.8. The Bertz CT molecular complexity index is 919. The minimum Gasteiger partial charge on any atom is -0.488 e. The maximum Gasteiger partial charge on any atom is 0.265 e. The number of nitrogens with zero attached hydrogens (tertiary/aromatic N) is 1. The molecule has 7 heteroatoms. The zero-order valence-electron chi connectivity index (χ0n) is 18.1. The molecule has 0 saturated carbocycles. The van der Waals surface area contributed by atoms with Gasteiger partial charge in [-0.25, -0.2) is 0 Å². The van der Waals surface area contributed by atoms with Crippen LogP contribution in [0, 0.1) is 5.92 Å². The van der Waals surface area contributed by atoms with Gasteiger partial charge in [-0.05, 0) is 51.3 Å². The molecule has 0 unspecified atom stereocenters. The van der Waals surface area contributed by atoms with Gasteiger partial charge in [-0.15, -0.1) is 11.3 Å². The molecule has 2 amide bonds.